The summed E-state index contributed by atoms with van der Waals surface area (Å²) in [5, 5.41) is 3.19. The molecule has 0 radical (unpaired) electrons. The summed E-state index contributed by atoms with van der Waals surface area (Å²) in [5.41, 5.74) is 0. The topological polar surface area (TPSA) is 67.3 Å². The van der Waals surface area contributed by atoms with Crippen molar-refractivity contribution in [1.29, 1.82) is 0 Å². The van der Waals surface area contributed by atoms with Crippen molar-refractivity contribution in [2.45, 2.75) is 51.0 Å². The minimum absolute atomic E-state index is 0.224. The van der Waals surface area contributed by atoms with Crippen LogP contribution in [0.15, 0.2) is 10.7 Å². The number of carbonyl (C=O) groups excluding carboxylic acids is 1. The lowest BCUT2D eigenvalue weighted by atomic mass is 9.93. The number of halogens is 1. The minimum atomic E-state index is 0.224. The zero-order valence-electron chi connectivity index (χ0n) is 14.1. The average Bonchev–Trinajstić information content (AvgIpc) is 3.09. The molecule has 0 atom stereocenters. The number of hydrogen-bond acceptors (Lipinski definition) is 5. The third kappa shape index (κ3) is 4.37. The lowest BCUT2D eigenvalue weighted by Crippen LogP contribution is -2.38. The van der Waals surface area contributed by atoms with E-state index in [1.54, 1.807) is 13.3 Å². The first-order valence-corrected chi connectivity index (χ1v) is 9.56. The van der Waals surface area contributed by atoms with Crippen LogP contribution in [0, 0.1) is 5.92 Å². The summed E-state index contributed by atoms with van der Waals surface area (Å²) >= 11 is 3.37. The summed E-state index contributed by atoms with van der Waals surface area (Å²) in [6.07, 6.45) is 9.16. The quantitative estimate of drug-likeness (QED) is 0.828. The van der Waals surface area contributed by atoms with E-state index in [2.05, 4.69) is 36.1 Å². The molecule has 1 aliphatic carbocycles. The first-order chi connectivity index (χ1) is 11.7. The van der Waals surface area contributed by atoms with Crippen molar-refractivity contribution in [2.24, 2.45) is 5.92 Å². The van der Waals surface area contributed by atoms with Crippen molar-refractivity contribution in [3.8, 4) is 5.88 Å². The van der Waals surface area contributed by atoms with E-state index >= 15 is 0 Å². The van der Waals surface area contributed by atoms with Gasteiger partial charge in [0.1, 0.15) is 0 Å². The second kappa shape index (κ2) is 8.14. The number of amides is 1. The fourth-order valence-electron chi connectivity index (χ4n) is 3.59. The highest BCUT2D eigenvalue weighted by molar-refractivity contribution is 9.10. The van der Waals surface area contributed by atoms with Gasteiger partial charge in [0.15, 0.2) is 0 Å². The van der Waals surface area contributed by atoms with Crippen LogP contribution in [-0.4, -0.2) is 42.1 Å². The number of methoxy groups -OCH3 is 1. The molecule has 1 saturated carbocycles. The first kappa shape index (κ1) is 17.5. The molecule has 1 aromatic rings. The van der Waals surface area contributed by atoms with E-state index < -0.39 is 0 Å². The van der Waals surface area contributed by atoms with E-state index in [9.17, 15) is 4.79 Å². The number of piperidine rings is 1. The van der Waals surface area contributed by atoms with Crippen LogP contribution >= 0.6 is 15.9 Å². The summed E-state index contributed by atoms with van der Waals surface area (Å²) in [4.78, 5) is 23.1. The fraction of sp³-hybridized carbons (Fsp3) is 0.706. The zero-order valence-corrected chi connectivity index (χ0v) is 15.7. The molecule has 3 rings (SSSR count). The van der Waals surface area contributed by atoms with Gasteiger partial charge in [-0.1, -0.05) is 12.8 Å². The standard InChI is InChI=1S/C17H25BrN4O2/c1-24-16-14(18)11-19-17(21-16)22-8-6-12(7-9-22)10-15(23)20-13-4-2-3-5-13/h11-13H,2-10H2,1H3,(H,20,23). The predicted octanol–water partition coefficient (Wildman–Crippen LogP) is 2.91. The molecule has 1 N–H and O–H groups in total. The summed E-state index contributed by atoms with van der Waals surface area (Å²) in [5.74, 6) is 1.93. The van der Waals surface area contributed by atoms with Gasteiger partial charge in [0.25, 0.3) is 0 Å². The highest BCUT2D eigenvalue weighted by atomic mass is 79.9. The fourth-order valence-corrected chi connectivity index (χ4v) is 3.95. The van der Waals surface area contributed by atoms with Crippen LogP contribution < -0.4 is 15.0 Å². The number of nitrogens with one attached hydrogen (secondary N) is 1. The molecule has 1 aliphatic heterocycles. The number of ether oxygens (including phenoxy) is 1. The molecule has 2 fully saturated rings. The van der Waals surface area contributed by atoms with Crippen LogP contribution in [0.4, 0.5) is 5.95 Å². The number of carbonyl (C=O) groups is 1. The third-order valence-corrected chi connectivity index (χ3v) is 5.53. The van der Waals surface area contributed by atoms with Crippen molar-refractivity contribution in [3.63, 3.8) is 0 Å². The second-order valence-corrected chi connectivity index (χ2v) is 7.56. The van der Waals surface area contributed by atoms with E-state index in [0.29, 0.717) is 30.2 Å². The van der Waals surface area contributed by atoms with Crippen LogP contribution in [-0.2, 0) is 4.79 Å². The molecule has 7 heteroatoms. The Bertz CT molecular complexity index is 570. The molecule has 6 nitrogen and oxygen atoms in total. The zero-order chi connectivity index (χ0) is 16.9. The molecule has 2 aliphatic rings. The van der Waals surface area contributed by atoms with Gasteiger partial charge in [-0.15, -0.1) is 0 Å². The summed E-state index contributed by atoms with van der Waals surface area (Å²) < 4.78 is 5.99. The molecule has 0 aromatic carbocycles. The van der Waals surface area contributed by atoms with Crippen molar-refractivity contribution < 1.29 is 9.53 Å². The molecule has 0 unspecified atom stereocenters. The molecule has 1 amide bonds. The minimum Gasteiger partial charge on any atom is -0.480 e. The summed E-state index contributed by atoms with van der Waals surface area (Å²) in [7, 11) is 1.60. The highest BCUT2D eigenvalue weighted by Gasteiger charge is 2.25. The summed E-state index contributed by atoms with van der Waals surface area (Å²) in [6, 6.07) is 0.418. The van der Waals surface area contributed by atoms with Gasteiger partial charge in [-0.05, 0) is 47.5 Å². The Labute approximate surface area is 151 Å². The Morgan fingerprint density at radius 3 is 2.71 bits per heavy atom. The lowest BCUT2D eigenvalue weighted by molar-refractivity contribution is -0.122. The first-order valence-electron chi connectivity index (χ1n) is 8.76. The Hall–Kier alpha value is -1.37. The monoisotopic (exact) mass is 396 g/mol. The van der Waals surface area contributed by atoms with Crippen molar-refractivity contribution in [1.82, 2.24) is 15.3 Å². The maximum absolute atomic E-state index is 12.2. The molecule has 132 valence electrons. The Kier molecular flexibility index (Phi) is 5.92. The molecule has 1 aromatic heterocycles. The maximum atomic E-state index is 12.2. The van der Waals surface area contributed by atoms with Gasteiger partial charge >= 0.3 is 0 Å². The van der Waals surface area contributed by atoms with Crippen molar-refractivity contribution in [3.05, 3.63) is 10.7 Å². The second-order valence-electron chi connectivity index (χ2n) is 6.71. The van der Waals surface area contributed by atoms with Crippen LogP contribution in [0.3, 0.4) is 0 Å². The SMILES string of the molecule is COc1nc(N2CCC(CC(=O)NC3CCCC3)CC2)ncc1Br. The third-order valence-electron chi connectivity index (χ3n) is 4.98. The predicted molar refractivity (Wildman–Crippen MR) is 96.2 cm³/mol. The number of nitrogens with zero attached hydrogens (tertiary/aromatic N) is 3. The van der Waals surface area contributed by atoms with Gasteiger partial charge < -0.3 is 15.0 Å². The van der Waals surface area contributed by atoms with Gasteiger partial charge in [0.2, 0.25) is 17.7 Å². The molecular formula is C17H25BrN4O2. The van der Waals surface area contributed by atoms with E-state index in [1.807, 2.05) is 0 Å². The van der Waals surface area contributed by atoms with Gasteiger partial charge in [-0.3, -0.25) is 4.79 Å². The summed E-state index contributed by atoms with van der Waals surface area (Å²) in [6.45, 7) is 1.76. The van der Waals surface area contributed by atoms with Crippen molar-refractivity contribution in [2.75, 3.05) is 25.1 Å². The van der Waals surface area contributed by atoms with Crippen molar-refractivity contribution >= 4 is 27.8 Å². The largest absolute Gasteiger partial charge is 0.480 e. The van der Waals surface area contributed by atoms with Crippen LogP contribution in [0.2, 0.25) is 0 Å². The lowest BCUT2D eigenvalue weighted by Gasteiger charge is -2.32. The van der Waals surface area contributed by atoms with Crippen LogP contribution in [0.25, 0.3) is 0 Å². The smallest absolute Gasteiger partial charge is 0.232 e. The number of rotatable bonds is 5. The molecule has 0 spiro atoms. The van der Waals surface area contributed by atoms with Gasteiger partial charge in [0, 0.05) is 25.6 Å². The molecule has 24 heavy (non-hydrogen) atoms. The Morgan fingerprint density at radius 1 is 1.33 bits per heavy atom. The van der Waals surface area contributed by atoms with Gasteiger partial charge in [-0.25, -0.2) is 4.98 Å². The highest BCUT2D eigenvalue weighted by Crippen LogP contribution is 2.27. The maximum Gasteiger partial charge on any atom is 0.232 e. The Morgan fingerprint density at radius 2 is 2.04 bits per heavy atom. The molecule has 1 saturated heterocycles. The number of hydrogen-bond donors (Lipinski definition) is 1. The van der Waals surface area contributed by atoms with E-state index in [0.717, 1.165) is 43.2 Å². The van der Waals surface area contributed by atoms with E-state index in [-0.39, 0.29) is 5.91 Å². The van der Waals surface area contributed by atoms with E-state index in [1.165, 1.54) is 12.8 Å². The molecule has 0 bridgehead atoms. The van der Waals surface area contributed by atoms with E-state index in [4.69, 9.17) is 4.74 Å². The van der Waals surface area contributed by atoms with Gasteiger partial charge in [0.05, 0.1) is 17.8 Å². The normalized spacial score (nSPS) is 19.5. The number of anilines is 1. The van der Waals surface area contributed by atoms with Crippen LogP contribution in [0.1, 0.15) is 44.9 Å². The average molecular weight is 397 g/mol. The van der Waals surface area contributed by atoms with Crippen LogP contribution in [0.5, 0.6) is 5.88 Å². The number of aromatic nitrogens is 2. The molecule has 2 heterocycles. The molecular weight excluding hydrogens is 372 g/mol. The Balaban J connectivity index is 1.47. The van der Waals surface area contributed by atoms with Gasteiger partial charge in [-0.2, -0.15) is 4.98 Å².